The van der Waals surface area contributed by atoms with Crippen LogP contribution < -0.4 is 15.4 Å². The van der Waals surface area contributed by atoms with Gasteiger partial charge in [0.25, 0.3) is 11.8 Å². The summed E-state index contributed by atoms with van der Waals surface area (Å²) >= 11 is 3.31. The van der Waals surface area contributed by atoms with Gasteiger partial charge in [-0.1, -0.05) is 34.1 Å². The topological polar surface area (TPSA) is 87.7 Å². The molecule has 0 spiro atoms. The van der Waals surface area contributed by atoms with Crippen LogP contribution in [-0.2, 0) is 4.79 Å². The second-order valence-electron chi connectivity index (χ2n) is 5.28. The maximum Gasteiger partial charge on any atom is 0.267 e. The standard InChI is InChI=1S/C19H19BrN2O4/c1-26-16-7-5-13(6-8-16)11-17(19(25)21-9-10-23)22-18(24)14-3-2-4-15(20)12-14/h2-8,11-12,23H,9-10H2,1H3,(H,21,25)(H,22,24)/b17-11+. The van der Waals surface area contributed by atoms with Gasteiger partial charge in [0.15, 0.2) is 0 Å². The SMILES string of the molecule is COc1ccc(/C=C(/NC(=O)c2cccc(Br)c2)C(=O)NCCO)cc1. The Morgan fingerprint density at radius 3 is 2.54 bits per heavy atom. The fourth-order valence-corrected chi connectivity index (χ4v) is 2.51. The highest BCUT2D eigenvalue weighted by Gasteiger charge is 2.14. The lowest BCUT2D eigenvalue weighted by Crippen LogP contribution is -2.36. The van der Waals surface area contributed by atoms with Gasteiger partial charge >= 0.3 is 0 Å². The summed E-state index contributed by atoms with van der Waals surface area (Å²) in [5.74, 6) is -0.213. The van der Waals surface area contributed by atoms with E-state index in [9.17, 15) is 9.59 Å². The molecule has 7 heteroatoms. The first-order valence-corrected chi connectivity index (χ1v) is 8.64. The number of hydrogen-bond acceptors (Lipinski definition) is 4. The third kappa shape index (κ3) is 5.72. The van der Waals surface area contributed by atoms with Crippen molar-refractivity contribution in [3.63, 3.8) is 0 Å². The van der Waals surface area contributed by atoms with E-state index in [-0.39, 0.29) is 18.8 Å². The molecule has 0 atom stereocenters. The summed E-state index contributed by atoms with van der Waals surface area (Å²) in [5.41, 5.74) is 1.21. The normalized spacial score (nSPS) is 11.0. The Bertz CT molecular complexity index is 803. The maximum atomic E-state index is 12.5. The molecule has 3 N–H and O–H groups in total. The van der Waals surface area contributed by atoms with Gasteiger partial charge in [-0.15, -0.1) is 0 Å². The van der Waals surface area contributed by atoms with Crippen LogP contribution in [0.3, 0.4) is 0 Å². The van der Waals surface area contributed by atoms with E-state index in [0.717, 1.165) is 10.0 Å². The average Bonchev–Trinajstić information content (AvgIpc) is 2.66. The number of benzene rings is 2. The van der Waals surface area contributed by atoms with Crippen LogP contribution >= 0.6 is 15.9 Å². The zero-order chi connectivity index (χ0) is 18.9. The smallest absolute Gasteiger partial charge is 0.267 e. The number of aliphatic hydroxyl groups is 1. The van der Waals surface area contributed by atoms with Crippen molar-refractivity contribution in [2.75, 3.05) is 20.3 Å². The zero-order valence-electron chi connectivity index (χ0n) is 14.2. The monoisotopic (exact) mass is 418 g/mol. The Balaban J connectivity index is 2.26. The second-order valence-corrected chi connectivity index (χ2v) is 6.19. The number of halogens is 1. The molecule has 26 heavy (non-hydrogen) atoms. The number of methoxy groups -OCH3 is 1. The van der Waals surface area contributed by atoms with Crippen LogP contribution in [0.2, 0.25) is 0 Å². The summed E-state index contributed by atoms with van der Waals surface area (Å²) in [6, 6.07) is 13.9. The van der Waals surface area contributed by atoms with Gasteiger partial charge in [0.1, 0.15) is 11.4 Å². The average molecular weight is 419 g/mol. The first kappa shape index (κ1) is 19.7. The van der Waals surface area contributed by atoms with Crippen molar-refractivity contribution in [2.24, 2.45) is 0 Å². The Kier molecular flexibility index (Phi) is 7.37. The molecule has 0 radical (unpaired) electrons. The molecule has 0 saturated heterocycles. The zero-order valence-corrected chi connectivity index (χ0v) is 15.7. The number of hydrogen-bond donors (Lipinski definition) is 3. The molecule has 0 heterocycles. The number of rotatable bonds is 7. The van der Waals surface area contributed by atoms with Crippen molar-refractivity contribution in [3.8, 4) is 5.75 Å². The van der Waals surface area contributed by atoms with Gasteiger partial charge in [-0.25, -0.2) is 0 Å². The van der Waals surface area contributed by atoms with Crippen LogP contribution in [0.5, 0.6) is 5.75 Å². The molecular formula is C19H19BrN2O4. The Morgan fingerprint density at radius 1 is 1.19 bits per heavy atom. The minimum absolute atomic E-state index is 0.0774. The van der Waals surface area contributed by atoms with Crippen molar-refractivity contribution >= 4 is 33.8 Å². The molecule has 136 valence electrons. The first-order chi connectivity index (χ1) is 12.5. The number of nitrogens with one attached hydrogen (secondary N) is 2. The minimum atomic E-state index is -0.488. The maximum absolute atomic E-state index is 12.5. The summed E-state index contributed by atoms with van der Waals surface area (Å²) in [7, 11) is 1.57. The van der Waals surface area contributed by atoms with E-state index in [1.54, 1.807) is 61.7 Å². The van der Waals surface area contributed by atoms with E-state index in [1.165, 1.54) is 0 Å². The number of ether oxygens (including phenoxy) is 1. The Hall–Kier alpha value is -2.64. The van der Waals surface area contributed by atoms with Gasteiger partial charge in [0.05, 0.1) is 13.7 Å². The van der Waals surface area contributed by atoms with Gasteiger partial charge in [-0.3, -0.25) is 9.59 Å². The van der Waals surface area contributed by atoms with Gasteiger partial charge < -0.3 is 20.5 Å². The number of amides is 2. The summed E-state index contributed by atoms with van der Waals surface area (Å²) in [6.07, 6.45) is 1.56. The molecule has 0 bridgehead atoms. The van der Waals surface area contributed by atoms with Crippen LogP contribution in [0, 0.1) is 0 Å². The first-order valence-electron chi connectivity index (χ1n) is 7.85. The molecule has 0 aliphatic rings. The van der Waals surface area contributed by atoms with Crippen molar-refractivity contribution in [1.29, 1.82) is 0 Å². The molecule has 0 unspecified atom stereocenters. The number of carbonyl (C=O) groups is 2. The lowest BCUT2D eigenvalue weighted by Gasteiger charge is -2.11. The lowest BCUT2D eigenvalue weighted by atomic mass is 10.1. The second kappa shape index (κ2) is 9.74. The Labute approximate surface area is 160 Å². The summed E-state index contributed by atoms with van der Waals surface area (Å²) in [4.78, 5) is 24.8. The van der Waals surface area contributed by atoms with Gasteiger partial charge in [-0.05, 0) is 42.0 Å². The minimum Gasteiger partial charge on any atom is -0.497 e. The predicted octanol–water partition coefficient (Wildman–Crippen LogP) is 2.34. The summed E-state index contributed by atoms with van der Waals surface area (Å²) < 4.78 is 5.87. The highest BCUT2D eigenvalue weighted by molar-refractivity contribution is 9.10. The predicted molar refractivity (Wildman–Crippen MR) is 103 cm³/mol. The molecule has 6 nitrogen and oxygen atoms in total. The van der Waals surface area contributed by atoms with Crippen LogP contribution in [0.15, 0.2) is 58.7 Å². The van der Waals surface area contributed by atoms with Crippen LogP contribution in [0.25, 0.3) is 6.08 Å². The van der Waals surface area contributed by atoms with E-state index in [2.05, 4.69) is 26.6 Å². The van der Waals surface area contributed by atoms with E-state index in [0.29, 0.717) is 11.3 Å². The fourth-order valence-electron chi connectivity index (χ4n) is 2.11. The fraction of sp³-hybridized carbons (Fsp3) is 0.158. The molecule has 0 saturated carbocycles. The molecule has 0 aromatic heterocycles. The third-order valence-corrected chi connectivity index (χ3v) is 3.90. The van der Waals surface area contributed by atoms with E-state index >= 15 is 0 Å². The largest absolute Gasteiger partial charge is 0.497 e. The van der Waals surface area contributed by atoms with Crippen molar-refractivity contribution in [1.82, 2.24) is 10.6 Å². The lowest BCUT2D eigenvalue weighted by molar-refractivity contribution is -0.117. The third-order valence-electron chi connectivity index (χ3n) is 3.40. The molecule has 0 aliphatic heterocycles. The van der Waals surface area contributed by atoms with Crippen LogP contribution in [0.1, 0.15) is 15.9 Å². The molecular weight excluding hydrogens is 400 g/mol. The summed E-state index contributed by atoms with van der Waals surface area (Å²) in [6.45, 7) is -0.104. The van der Waals surface area contributed by atoms with E-state index < -0.39 is 11.8 Å². The number of aliphatic hydroxyl groups excluding tert-OH is 1. The molecule has 2 rings (SSSR count). The van der Waals surface area contributed by atoms with Gasteiger partial charge in [-0.2, -0.15) is 0 Å². The molecule has 2 amide bonds. The quantitative estimate of drug-likeness (QED) is 0.602. The van der Waals surface area contributed by atoms with Crippen molar-refractivity contribution < 1.29 is 19.4 Å². The van der Waals surface area contributed by atoms with E-state index in [4.69, 9.17) is 9.84 Å². The van der Waals surface area contributed by atoms with Crippen LogP contribution in [-0.4, -0.2) is 37.2 Å². The Morgan fingerprint density at radius 2 is 1.92 bits per heavy atom. The molecule has 0 fully saturated rings. The van der Waals surface area contributed by atoms with Crippen LogP contribution in [0.4, 0.5) is 0 Å². The molecule has 2 aromatic carbocycles. The highest BCUT2D eigenvalue weighted by atomic mass is 79.9. The van der Waals surface area contributed by atoms with Gasteiger partial charge in [0.2, 0.25) is 0 Å². The van der Waals surface area contributed by atoms with Crippen molar-refractivity contribution in [3.05, 3.63) is 69.8 Å². The number of carbonyl (C=O) groups excluding carboxylic acids is 2. The van der Waals surface area contributed by atoms with E-state index in [1.807, 2.05) is 0 Å². The molecule has 2 aromatic rings. The van der Waals surface area contributed by atoms with Crippen molar-refractivity contribution in [2.45, 2.75) is 0 Å². The molecule has 0 aliphatic carbocycles. The summed E-state index contributed by atoms with van der Waals surface area (Å²) in [5, 5.41) is 14.1. The highest BCUT2D eigenvalue weighted by Crippen LogP contribution is 2.15. The van der Waals surface area contributed by atoms with Gasteiger partial charge in [0, 0.05) is 16.6 Å².